The molecule has 0 radical (unpaired) electrons. The number of benzene rings is 2. The van der Waals surface area contributed by atoms with Crippen LogP contribution in [0.5, 0.6) is 0 Å². The van der Waals surface area contributed by atoms with E-state index in [0.29, 0.717) is 5.41 Å². The van der Waals surface area contributed by atoms with Crippen molar-refractivity contribution in [1.82, 2.24) is 4.90 Å². The maximum atomic E-state index is 4.18. The van der Waals surface area contributed by atoms with Crippen LogP contribution in [0, 0.1) is 12.3 Å². The summed E-state index contributed by atoms with van der Waals surface area (Å²) >= 11 is 0. The molecule has 4 rings (SSSR count). The Bertz CT molecular complexity index is 895. The molecule has 2 aromatic rings. The van der Waals surface area contributed by atoms with E-state index >= 15 is 0 Å². The van der Waals surface area contributed by atoms with Crippen LogP contribution in [0.2, 0.25) is 0 Å². The molecule has 1 saturated heterocycles. The van der Waals surface area contributed by atoms with Crippen molar-refractivity contribution in [2.45, 2.75) is 78.7 Å². The number of hydrogen-bond acceptors (Lipinski definition) is 1. The van der Waals surface area contributed by atoms with Crippen LogP contribution in [0.25, 0.3) is 11.1 Å². The molecule has 0 N–H and O–H groups in total. The minimum Gasteiger partial charge on any atom is -0.298 e. The van der Waals surface area contributed by atoms with Crippen LogP contribution in [-0.4, -0.2) is 18.0 Å². The number of nitrogens with zero attached hydrogens (tertiary/aromatic N) is 1. The lowest BCUT2D eigenvalue weighted by Crippen LogP contribution is -2.55. The lowest BCUT2D eigenvalue weighted by molar-refractivity contribution is -0.00881. The van der Waals surface area contributed by atoms with Crippen LogP contribution < -0.4 is 0 Å². The van der Waals surface area contributed by atoms with E-state index in [1.807, 2.05) is 0 Å². The van der Waals surface area contributed by atoms with Gasteiger partial charge in [-0.05, 0) is 85.1 Å². The molecule has 1 heteroatoms. The van der Waals surface area contributed by atoms with Crippen molar-refractivity contribution < 1.29 is 0 Å². The van der Waals surface area contributed by atoms with Gasteiger partial charge in [0.15, 0.2) is 0 Å². The molecule has 30 heavy (non-hydrogen) atoms. The molecule has 1 aliphatic heterocycles. The normalized spacial score (nSPS) is 18.3. The average molecular weight is 402 g/mol. The van der Waals surface area contributed by atoms with Gasteiger partial charge in [0.25, 0.3) is 0 Å². The third kappa shape index (κ3) is 4.57. The molecule has 2 aromatic carbocycles. The van der Waals surface area contributed by atoms with Crippen molar-refractivity contribution in [3.05, 3.63) is 70.8 Å². The van der Waals surface area contributed by atoms with Gasteiger partial charge in [-0.2, -0.15) is 0 Å². The van der Waals surface area contributed by atoms with E-state index in [9.17, 15) is 0 Å². The standard InChI is InChI=1S/C29H39N/c1-6-8-25-15-27(23-11-9-22(5)10-12-23)28(24-13-14-24)16-26(25)18-30-19-29(7-2,20-30)17-21(3)4/h9-12,15-16,24H,3,6-8,13-14,17-20H2,1-2,4-5H3. The highest BCUT2D eigenvalue weighted by molar-refractivity contribution is 5.70. The first-order valence-electron chi connectivity index (χ1n) is 12.0. The van der Waals surface area contributed by atoms with Gasteiger partial charge < -0.3 is 0 Å². The summed E-state index contributed by atoms with van der Waals surface area (Å²) in [6, 6.07) is 14.3. The molecule has 0 spiro atoms. The molecule has 1 heterocycles. The van der Waals surface area contributed by atoms with E-state index in [-0.39, 0.29) is 0 Å². The summed E-state index contributed by atoms with van der Waals surface area (Å²) in [4.78, 5) is 2.67. The molecule has 2 aliphatic rings. The molecule has 1 aliphatic carbocycles. The van der Waals surface area contributed by atoms with Crippen molar-refractivity contribution in [3.63, 3.8) is 0 Å². The van der Waals surface area contributed by atoms with Crippen molar-refractivity contribution in [2.24, 2.45) is 5.41 Å². The zero-order chi connectivity index (χ0) is 21.3. The van der Waals surface area contributed by atoms with Crippen molar-refractivity contribution in [2.75, 3.05) is 13.1 Å². The van der Waals surface area contributed by atoms with Gasteiger partial charge in [0.05, 0.1) is 0 Å². The summed E-state index contributed by atoms with van der Waals surface area (Å²) in [5.41, 5.74) is 10.8. The number of rotatable bonds is 9. The Balaban J connectivity index is 1.61. The van der Waals surface area contributed by atoms with Gasteiger partial charge in [-0.3, -0.25) is 4.90 Å². The summed E-state index contributed by atoms with van der Waals surface area (Å²) in [5.74, 6) is 0.769. The van der Waals surface area contributed by atoms with E-state index in [1.54, 1.807) is 16.7 Å². The molecule has 1 nitrogen and oxygen atoms in total. The average Bonchev–Trinajstić information content (AvgIpc) is 3.52. The fraction of sp³-hybridized carbons (Fsp3) is 0.517. The Hall–Kier alpha value is -1.86. The second-order valence-corrected chi connectivity index (χ2v) is 10.2. The zero-order valence-corrected chi connectivity index (χ0v) is 19.6. The van der Waals surface area contributed by atoms with Crippen molar-refractivity contribution in [1.29, 1.82) is 0 Å². The highest BCUT2D eigenvalue weighted by Crippen LogP contribution is 2.46. The van der Waals surface area contributed by atoms with E-state index in [2.05, 4.69) is 75.6 Å². The van der Waals surface area contributed by atoms with E-state index in [4.69, 9.17) is 0 Å². The molecule has 0 amide bonds. The topological polar surface area (TPSA) is 3.24 Å². The predicted molar refractivity (Wildman–Crippen MR) is 130 cm³/mol. The first-order valence-corrected chi connectivity index (χ1v) is 12.0. The molecular weight excluding hydrogens is 362 g/mol. The number of aryl methyl sites for hydroxylation is 2. The Morgan fingerprint density at radius 3 is 2.33 bits per heavy atom. The Kier molecular flexibility index (Phi) is 6.21. The first-order chi connectivity index (χ1) is 14.4. The second-order valence-electron chi connectivity index (χ2n) is 10.2. The first kappa shape index (κ1) is 21.4. The minimum absolute atomic E-state index is 0.470. The molecule has 0 aromatic heterocycles. The van der Waals surface area contributed by atoms with Crippen LogP contribution in [0.3, 0.4) is 0 Å². The van der Waals surface area contributed by atoms with Gasteiger partial charge in [0.2, 0.25) is 0 Å². The van der Waals surface area contributed by atoms with Gasteiger partial charge in [-0.15, -0.1) is 6.58 Å². The quantitative estimate of drug-likeness (QED) is 0.390. The molecule has 160 valence electrons. The summed E-state index contributed by atoms with van der Waals surface area (Å²) in [5, 5.41) is 0. The molecule has 0 unspecified atom stereocenters. The number of allylic oxidation sites excluding steroid dienone is 1. The smallest absolute Gasteiger partial charge is 0.0237 e. The minimum atomic E-state index is 0.470. The van der Waals surface area contributed by atoms with E-state index in [0.717, 1.165) is 12.5 Å². The SMILES string of the molecule is C=C(C)CC1(CC)CN(Cc2cc(C3CC3)c(-c3ccc(C)cc3)cc2CCC)C1. The molecule has 1 saturated carbocycles. The summed E-state index contributed by atoms with van der Waals surface area (Å²) in [7, 11) is 0. The molecule has 0 bridgehead atoms. The Morgan fingerprint density at radius 1 is 1.07 bits per heavy atom. The van der Waals surface area contributed by atoms with Crippen LogP contribution in [-0.2, 0) is 13.0 Å². The molecular formula is C29H39N. The van der Waals surface area contributed by atoms with Crippen LogP contribution in [0.15, 0.2) is 48.6 Å². The molecule has 0 atom stereocenters. The summed E-state index contributed by atoms with van der Waals surface area (Å²) in [6.07, 6.45) is 7.54. The van der Waals surface area contributed by atoms with Crippen LogP contribution in [0.1, 0.15) is 81.0 Å². The van der Waals surface area contributed by atoms with Gasteiger partial charge >= 0.3 is 0 Å². The second kappa shape index (κ2) is 8.71. The number of likely N-dealkylation sites (tertiary alicyclic amines) is 1. The lowest BCUT2D eigenvalue weighted by atomic mass is 9.72. The maximum absolute atomic E-state index is 4.18. The lowest BCUT2D eigenvalue weighted by Gasteiger charge is -2.51. The molecule has 2 fully saturated rings. The van der Waals surface area contributed by atoms with Crippen molar-refractivity contribution >= 4 is 0 Å². The van der Waals surface area contributed by atoms with Crippen molar-refractivity contribution in [3.8, 4) is 11.1 Å². The third-order valence-corrected chi connectivity index (χ3v) is 7.21. The summed E-state index contributed by atoms with van der Waals surface area (Å²) in [6.45, 7) is 16.8. The Morgan fingerprint density at radius 2 is 1.77 bits per heavy atom. The fourth-order valence-corrected chi connectivity index (χ4v) is 5.43. The van der Waals surface area contributed by atoms with Gasteiger partial charge in [-0.1, -0.05) is 67.8 Å². The Labute approximate surface area is 184 Å². The van der Waals surface area contributed by atoms with Crippen LogP contribution >= 0.6 is 0 Å². The van der Waals surface area contributed by atoms with E-state index < -0.39 is 0 Å². The predicted octanol–water partition coefficient (Wildman–Crippen LogP) is 7.67. The van der Waals surface area contributed by atoms with Gasteiger partial charge in [0.1, 0.15) is 0 Å². The number of hydrogen-bond donors (Lipinski definition) is 0. The fourth-order valence-electron chi connectivity index (χ4n) is 5.43. The highest BCUT2D eigenvalue weighted by Gasteiger charge is 2.41. The highest BCUT2D eigenvalue weighted by atomic mass is 15.2. The largest absolute Gasteiger partial charge is 0.298 e. The summed E-state index contributed by atoms with van der Waals surface area (Å²) < 4.78 is 0. The monoisotopic (exact) mass is 401 g/mol. The maximum Gasteiger partial charge on any atom is 0.0237 e. The zero-order valence-electron chi connectivity index (χ0n) is 19.6. The van der Waals surface area contributed by atoms with E-state index in [1.165, 1.54) is 73.9 Å². The van der Waals surface area contributed by atoms with Gasteiger partial charge in [0, 0.05) is 19.6 Å². The van der Waals surface area contributed by atoms with Gasteiger partial charge in [-0.25, -0.2) is 0 Å². The van der Waals surface area contributed by atoms with Crippen LogP contribution in [0.4, 0.5) is 0 Å². The third-order valence-electron chi connectivity index (χ3n) is 7.21.